The summed E-state index contributed by atoms with van der Waals surface area (Å²) < 4.78 is 0. The second kappa shape index (κ2) is 12.9. The van der Waals surface area contributed by atoms with Crippen molar-refractivity contribution in [1.82, 2.24) is 19.6 Å². The van der Waals surface area contributed by atoms with Gasteiger partial charge in [0.15, 0.2) is 0 Å². The number of hydrogen-bond donors (Lipinski definition) is 2. The Hall–Kier alpha value is -3.26. The maximum absolute atomic E-state index is 13.9. The number of nitrogen functional groups attached to an aromatic ring is 1. The smallest absolute Gasteiger partial charge is 0.323 e. The number of carbonyl (C=O) groups excluding carboxylic acids is 3. The van der Waals surface area contributed by atoms with Gasteiger partial charge in [-0.15, -0.1) is 17.8 Å². The van der Waals surface area contributed by atoms with E-state index in [9.17, 15) is 14.4 Å². The van der Waals surface area contributed by atoms with Crippen LogP contribution in [-0.4, -0.2) is 89.8 Å². The third-order valence-electron chi connectivity index (χ3n) is 8.93. The Kier molecular flexibility index (Phi) is 9.31. The molecule has 2 saturated heterocycles. The van der Waals surface area contributed by atoms with Crippen molar-refractivity contribution in [1.29, 1.82) is 0 Å². The van der Waals surface area contributed by atoms with Crippen molar-refractivity contribution in [3.8, 4) is 12.3 Å². The molecule has 1 atom stereocenters. The zero-order chi connectivity index (χ0) is 30.0. The van der Waals surface area contributed by atoms with Crippen LogP contribution in [0.4, 0.5) is 15.5 Å². The summed E-state index contributed by atoms with van der Waals surface area (Å²) in [7, 11) is 4.13. The first-order valence-corrected chi connectivity index (χ1v) is 15.8. The lowest BCUT2D eigenvalue weighted by Gasteiger charge is -2.40. The van der Waals surface area contributed by atoms with Crippen LogP contribution in [0.1, 0.15) is 48.8 Å². The lowest BCUT2D eigenvalue weighted by molar-refractivity contribution is -0.143. The number of amides is 4. The summed E-state index contributed by atoms with van der Waals surface area (Å²) in [6.07, 6.45) is 9.31. The lowest BCUT2D eigenvalue weighted by atomic mass is 9.91. The SMILES string of the molecule is C#Cc1cc(C[C@@H](CC(=O)N2CCC(N3Cc4ccsc4NC3=O)CC2)C(=O)N2CCC(N(C)C)CC2)cc(Cl)c1N. The number of hydrogen-bond acceptors (Lipinski definition) is 6. The van der Waals surface area contributed by atoms with E-state index < -0.39 is 5.92 Å². The second-order valence-corrected chi connectivity index (χ2v) is 13.1. The number of nitrogens with zero attached hydrogens (tertiary/aromatic N) is 4. The largest absolute Gasteiger partial charge is 0.397 e. The molecule has 224 valence electrons. The van der Waals surface area contributed by atoms with Crippen molar-refractivity contribution < 1.29 is 14.4 Å². The molecule has 5 rings (SSSR count). The predicted molar refractivity (Wildman–Crippen MR) is 167 cm³/mol. The van der Waals surface area contributed by atoms with Gasteiger partial charge in [-0.05, 0) is 75.3 Å². The fraction of sp³-hybridized carbons (Fsp3) is 0.516. The van der Waals surface area contributed by atoms with Crippen molar-refractivity contribution in [2.75, 3.05) is 51.3 Å². The van der Waals surface area contributed by atoms with Crippen LogP contribution >= 0.6 is 22.9 Å². The molecule has 3 N–H and O–H groups in total. The third kappa shape index (κ3) is 6.54. The number of rotatable bonds is 7. The number of anilines is 2. The van der Waals surface area contributed by atoms with E-state index in [2.05, 4.69) is 30.2 Å². The van der Waals surface area contributed by atoms with Crippen molar-refractivity contribution in [3.63, 3.8) is 0 Å². The fourth-order valence-corrected chi connectivity index (χ4v) is 7.40. The van der Waals surface area contributed by atoms with Crippen LogP contribution in [-0.2, 0) is 22.6 Å². The molecule has 0 unspecified atom stereocenters. The Morgan fingerprint density at radius 2 is 1.86 bits per heavy atom. The van der Waals surface area contributed by atoms with E-state index in [0.717, 1.165) is 29.0 Å². The summed E-state index contributed by atoms with van der Waals surface area (Å²) in [5.41, 5.74) is 8.78. The monoisotopic (exact) mass is 610 g/mol. The molecule has 0 aliphatic carbocycles. The van der Waals surface area contributed by atoms with E-state index in [-0.39, 0.29) is 30.3 Å². The van der Waals surface area contributed by atoms with Gasteiger partial charge >= 0.3 is 6.03 Å². The van der Waals surface area contributed by atoms with Gasteiger partial charge in [0.2, 0.25) is 11.8 Å². The highest BCUT2D eigenvalue weighted by Crippen LogP contribution is 2.32. The Bertz CT molecular complexity index is 1370. The number of urea groups is 1. The van der Waals surface area contributed by atoms with E-state index in [4.69, 9.17) is 23.8 Å². The molecule has 1 aromatic carbocycles. The molecule has 2 fully saturated rings. The molecular formula is C31H39ClN6O3S. The van der Waals surface area contributed by atoms with Crippen molar-refractivity contribution in [2.45, 2.75) is 57.2 Å². The average molecular weight is 611 g/mol. The van der Waals surface area contributed by atoms with Gasteiger partial charge in [-0.2, -0.15) is 0 Å². The second-order valence-electron chi connectivity index (χ2n) is 11.8. The normalized spacial score (nSPS) is 18.9. The quantitative estimate of drug-likeness (QED) is 0.363. The van der Waals surface area contributed by atoms with Gasteiger partial charge in [-0.3, -0.25) is 14.9 Å². The van der Waals surface area contributed by atoms with Crippen LogP contribution in [0.25, 0.3) is 0 Å². The topological polar surface area (TPSA) is 102 Å². The highest BCUT2D eigenvalue weighted by molar-refractivity contribution is 7.14. The van der Waals surface area contributed by atoms with Crippen LogP contribution in [0.5, 0.6) is 0 Å². The van der Waals surface area contributed by atoms with Gasteiger partial charge in [-0.1, -0.05) is 17.5 Å². The molecule has 0 radical (unpaired) electrons. The maximum Gasteiger partial charge on any atom is 0.323 e. The van der Waals surface area contributed by atoms with E-state index >= 15 is 0 Å². The van der Waals surface area contributed by atoms with Crippen molar-refractivity contribution >= 4 is 51.5 Å². The standard InChI is InChI=1S/C31H39ClN6O3S/c1-4-21-15-20(17-26(32)28(21)33)16-23(30(40)37-12-5-24(6-13-37)35(2)3)18-27(39)36-10-7-25(8-11-36)38-19-22-9-14-42-29(22)34-31(38)41/h1,9,14-15,17,23-25H,5-8,10-13,16,18-19,33H2,2-3H3,(H,34,41)/t23-/m0/s1. The summed E-state index contributed by atoms with van der Waals surface area (Å²) in [6, 6.07) is 6.01. The minimum absolute atomic E-state index is 0.0118. The van der Waals surface area contributed by atoms with Crippen LogP contribution in [0, 0.1) is 18.3 Å². The molecule has 11 heteroatoms. The highest BCUT2D eigenvalue weighted by Gasteiger charge is 2.35. The fourth-order valence-electron chi connectivity index (χ4n) is 6.36. The molecule has 4 amide bonds. The van der Waals surface area contributed by atoms with Crippen molar-refractivity contribution in [3.05, 3.63) is 45.3 Å². The van der Waals surface area contributed by atoms with Gasteiger partial charge < -0.3 is 25.3 Å². The molecule has 0 spiro atoms. The number of terminal acetylenes is 1. The maximum atomic E-state index is 13.9. The van der Waals surface area contributed by atoms with Crippen molar-refractivity contribution in [2.24, 2.45) is 5.92 Å². The molecule has 42 heavy (non-hydrogen) atoms. The summed E-state index contributed by atoms with van der Waals surface area (Å²) >= 11 is 7.90. The van der Waals surface area contributed by atoms with Crippen LogP contribution in [0.3, 0.4) is 0 Å². The number of thiophene rings is 1. The van der Waals surface area contributed by atoms with Gasteiger partial charge in [0.25, 0.3) is 0 Å². The number of nitrogens with two attached hydrogens (primary N) is 1. The molecule has 4 heterocycles. The molecule has 0 saturated carbocycles. The van der Waals surface area contributed by atoms with Gasteiger partial charge in [0.05, 0.1) is 23.2 Å². The zero-order valence-corrected chi connectivity index (χ0v) is 25.8. The number of carbonyl (C=O) groups is 3. The van der Waals surface area contributed by atoms with E-state index in [0.29, 0.717) is 74.3 Å². The Morgan fingerprint density at radius 1 is 1.17 bits per heavy atom. The van der Waals surface area contributed by atoms with Crippen LogP contribution in [0.2, 0.25) is 5.02 Å². The molecule has 1 aromatic heterocycles. The summed E-state index contributed by atoms with van der Waals surface area (Å²) in [5.74, 6) is 1.98. The molecule has 9 nitrogen and oxygen atoms in total. The lowest BCUT2D eigenvalue weighted by Crippen LogP contribution is -2.51. The first-order valence-electron chi connectivity index (χ1n) is 14.6. The molecule has 3 aliphatic heterocycles. The van der Waals surface area contributed by atoms with Gasteiger partial charge in [0.1, 0.15) is 5.00 Å². The Balaban J connectivity index is 1.25. The summed E-state index contributed by atoms with van der Waals surface area (Å²) in [4.78, 5) is 48.1. The number of fused-ring (bicyclic) bond motifs is 1. The van der Waals surface area contributed by atoms with E-state index in [1.807, 2.05) is 26.1 Å². The first kappa shape index (κ1) is 30.2. The predicted octanol–water partition coefficient (Wildman–Crippen LogP) is 4.11. The van der Waals surface area contributed by atoms with E-state index in [1.54, 1.807) is 12.1 Å². The number of nitrogens with one attached hydrogen (secondary N) is 1. The first-order chi connectivity index (χ1) is 20.1. The highest BCUT2D eigenvalue weighted by atomic mass is 35.5. The van der Waals surface area contributed by atoms with Crippen LogP contribution < -0.4 is 11.1 Å². The van der Waals surface area contributed by atoms with Gasteiger partial charge in [0, 0.05) is 55.8 Å². The van der Waals surface area contributed by atoms with Gasteiger partial charge in [-0.25, -0.2) is 4.79 Å². The average Bonchev–Trinajstić information content (AvgIpc) is 3.45. The zero-order valence-electron chi connectivity index (χ0n) is 24.3. The molecular weight excluding hydrogens is 572 g/mol. The molecule has 0 bridgehead atoms. The van der Waals surface area contributed by atoms with E-state index in [1.165, 1.54) is 11.3 Å². The summed E-state index contributed by atoms with van der Waals surface area (Å²) in [5, 5.41) is 6.25. The molecule has 3 aliphatic rings. The molecule has 2 aromatic rings. The number of benzene rings is 1. The third-order valence-corrected chi connectivity index (χ3v) is 10.1. The Labute approximate surface area is 256 Å². The summed E-state index contributed by atoms with van der Waals surface area (Å²) in [6.45, 7) is 3.02. The number of piperidine rings is 2. The van der Waals surface area contributed by atoms with Crippen LogP contribution in [0.15, 0.2) is 23.6 Å². The minimum atomic E-state index is -0.540. The Morgan fingerprint density at radius 3 is 2.52 bits per heavy atom. The minimum Gasteiger partial charge on any atom is -0.397 e. The number of likely N-dealkylation sites (tertiary alicyclic amines) is 2. The number of halogens is 1.